The van der Waals surface area contributed by atoms with Gasteiger partial charge in [0.1, 0.15) is 0 Å². The standard InChI is InChI=1S/C64H38N6S/c1-6-20-54-44(13-1)45-14-2-7-21-55(45)68(54)41-27-30-60-53(36-41)64(51-18-11-31-66-62(51)63-52(64)19-12-32-67-63)50-28-25-40(34-61(50)71-60)39-26-29-59-49(33-39)48-17-5-10-24-58(48)70(59)43-35-42(37-65-38-43)69-56-22-8-3-15-46(56)47-16-4-9-23-57(47)69/h1-38H. The van der Waals surface area contributed by atoms with E-state index in [1.54, 1.807) is 0 Å². The molecule has 1 aliphatic carbocycles. The van der Waals surface area contributed by atoms with Gasteiger partial charge < -0.3 is 13.7 Å². The monoisotopic (exact) mass is 922 g/mol. The van der Waals surface area contributed by atoms with Gasteiger partial charge in [-0.1, -0.05) is 133 Å². The van der Waals surface area contributed by atoms with E-state index in [1.165, 1.54) is 69.8 Å². The lowest BCUT2D eigenvalue weighted by molar-refractivity contribution is 0.718. The third-order valence-electron chi connectivity index (χ3n) is 15.3. The first-order chi connectivity index (χ1) is 35.2. The topological polar surface area (TPSA) is 53.5 Å². The molecule has 0 fully saturated rings. The summed E-state index contributed by atoms with van der Waals surface area (Å²) in [6.07, 6.45) is 7.77. The molecular weight excluding hydrogens is 885 g/mol. The van der Waals surface area contributed by atoms with Gasteiger partial charge in [0.05, 0.1) is 73.7 Å². The largest absolute Gasteiger partial charge is 0.309 e. The molecule has 1 aliphatic heterocycles. The Morgan fingerprint density at radius 1 is 0.324 bits per heavy atom. The molecule has 330 valence electrons. The summed E-state index contributed by atoms with van der Waals surface area (Å²) in [4.78, 5) is 17.4. The zero-order valence-electron chi connectivity index (χ0n) is 38.0. The summed E-state index contributed by atoms with van der Waals surface area (Å²) in [5.41, 5.74) is 18.5. The first kappa shape index (κ1) is 38.9. The van der Waals surface area contributed by atoms with E-state index in [4.69, 9.17) is 15.0 Å². The van der Waals surface area contributed by atoms with Crippen molar-refractivity contribution < 1.29 is 0 Å². The Morgan fingerprint density at radius 3 is 1.34 bits per heavy atom. The number of aromatic nitrogens is 6. The molecule has 6 nitrogen and oxygen atoms in total. The zero-order valence-corrected chi connectivity index (χ0v) is 38.8. The fourth-order valence-corrected chi connectivity index (χ4v) is 13.6. The number of hydrogen-bond donors (Lipinski definition) is 0. The normalized spacial score (nSPS) is 13.4. The lowest BCUT2D eigenvalue weighted by Gasteiger charge is -2.39. The van der Waals surface area contributed by atoms with Crippen LogP contribution in [0.15, 0.2) is 241 Å². The van der Waals surface area contributed by atoms with Crippen molar-refractivity contribution in [1.29, 1.82) is 0 Å². The van der Waals surface area contributed by atoms with Crippen LogP contribution in [0.4, 0.5) is 0 Å². The van der Waals surface area contributed by atoms with E-state index in [2.05, 4.69) is 220 Å². The van der Waals surface area contributed by atoms with Crippen molar-refractivity contribution in [2.75, 3.05) is 0 Å². The second-order valence-electron chi connectivity index (χ2n) is 18.8. The fourth-order valence-electron chi connectivity index (χ4n) is 12.4. The van der Waals surface area contributed by atoms with Crippen molar-refractivity contribution in [3.63, 3.8) is 0 Å². The van der Waals surface area contributed by atoms with E-state index >= 15 is 0 Å². The fraction of sp³-hybridized carbons (Fsp3) is 0.0156. The molecule has 0 radical (unpaired) electrons. The second kappa shape index (κ2) is 14.5. The molecule has 0 saturated heterocycles. The van der Waals surface area contributed by atoms with Crippen LogP contribution in [-0.4, -0.2) is 28.7 Å². The van der Waals surface area contributed by atoms with E-state index in [0.29, 0.717) is 0 Å². The van der Waals surface area contributed by atoms with Crippen LogP contribution in [0.3, 0.4) is 0 Å². The van der Waals surface area contributed by atoms with E-state index < -0.39 is 5.41 Å². The van der Waals surface area contributed by atoms with Gasteiger partial charge in [-0.15, -0.1) is 0 Å². The molecule has 0 atom stereocenters. The third-order valence-corrected chi connectivity index (χ3v) is 16.4. The van der Waals surface area contributed by atoms with Gasteiger partial charge in [0.15, 0.2) is 0 Å². The van der Waals surface area contributed by atoms with Crippen molar-refractivity contribution in [1.82, 2.24) is 28.7 Å². The summed E-state index contributed by atoms with van der Waals surface area (Å²) in [5.74, 6) is 0. The van der Waals surface area contributed by atoms with Gasteiger partial charge in [-0.05, 0) is 118 Å². The Hall–Kier alpha value is -9.04. The van der Waals surface area contributed by atoms with Crippen LogP contribution in [-0.2, 0) is 5.41 Å². The van der Waals surface area contributed by atoms with Crippen LogP contribution >= 0.6 is 11.8 Å². The Labute approximate surface area is 411 Å². The van der Waals surface area contributed by atoms with Crippen molar-refractivity contribution in [3.05, 3.63) is 253 Å². The third kappa shape index (κ3) is 5.25. The highest BCUT2D eigenvalue weighted by molar-refractivity contribution is 7.99. The van der Waals surface area contributed by atoms with Crippen LogP contribution < -0.4 is 0 Å². The quantitative estimate of drug-likeness (QED) is 0.176. The summed E-state index contributed by atoms with van der Waals surface area (Å²) in [7, 11) is 0. The Kier molecular flexibility index (Phi) is 7.94. The minimum Gasteiger partial charge on any atom is -0.309 e. The molecule has 71 heavy (non-hydrogen) atoms. The highest BCUT2D eigenvalue weighted by atomic mass is 32.2. The molecule has 8 aromatic carbocycles. The van der Waals surface area contributed by atoms with Crippen molar-refractivity contribution >= 4 is 77.2 Å². The maximum atomic E-state index is 5.05. The first-order valence-electron chi connectivity index (χ1n) is 24.1. The van der Waals surface area contributed by atoms with Gasteiger partial charge in [0, 0.05) is 60.2 Å². The summed E-state index contributed by atoms with van der Waals surface area (Å²) in [6.45, 7) is 0. The molecule has 7 heterocycles. The van der Waals surface area contributed by atoms with Crippen LogP contribution in [0.5, 0.6) is 0 Å². The summed E-state index contributed by atoms with van der Waals surface area (Å²) in [6, 6.07) is 75.7. The molecule has 16 rings (SSSR count). The minimum absolute atomic E-state index is 0.643. The average molecular weight is 923 g/mol. The minimum atomic E-state index is -0.643. The molecule has 0 amide bonds. The van der Waals surface area contributed by atoms with Gasteiger partial charge in [0.2, 0.25) is 0 Å². The first-order valence-corrected chi connectivity index (χ1v) is 24.9. The van der Waals surface area contributed by atoms with E-state index in [-0.39, 0.29) is 0 Å². The van der Waals surface area contributed by atoms with Crippen LogP contribution in [0.1, 0.15) is 22.3 Å². The second-order valence-corrected chi connectivity index (χ2v) is 19.9. The lowest BCUT2D eigenvalue weighted by atomic mass is 9.67. The van der Waals surface area contributed by atoms with E-state index in [0.717, 1.165) is 67.2 Å². The molecule has 0 bridgehead atoms. The van der Waals surface area contributed by atoms with Crippen LogP contribution in [0, 0.1) is 0 Å². The molecule has 1 spiro atoms. The van der Waals surface area contributed by atoms with Gasteiger partial charge >= 0.3 is 0 Å². The van der Waals surface area contributed by atoms with E-state index in [1.807, 2.05) is 36.5 Å². The smallest absolute Gasteiger partial charge is 0.0937 e. The van der Waals surface area contributed by atoms with Gasteiger partial charge in [-0.25, -0.2) is 0 Å². The lowest BCUT2D eigenvalue weighted by Crippen LogP contribution is -2.32. The summed E-state index contributed by atoms with van der Waals surface area (Å²) in [5, 5.41) is 7.35. The molecule has 0 N–H and O–H groups in total. The highest BCUT2D eigenvalue weighted by Crippen LogP contribution is 2.62. The molecule has 0 saturated carbocycles. The van der Waals surface area contributed by atoms with E-state index in [9.17, 15) is 0 Å². The number of fused-ring (bicyclic) bond motifs is 18. The predicted molar refractivity (Wildman–Crippen MR) is 290 cm³/mol. The van der Waals surface area contributed by atoms with Gasteiger partial charge in [-0.2, -0.15) is 0 Å². The number of pyridine rings is 3. The van der Waals surface area contributed by atoms with Crippen molar-refractivity contribution in [3.8, 4) is 39.6 Å². The molecular formula is C64H38N6S. The highest BCUT2D eigenvalue weighted by Gasteiger charge is 2.51. The molecule has 0 unspecified atom stereocenters. The zero-order chi connectivity index (χ0) is 46.4. The SMILES string of the molecule is c1cnc2c(c1)C1(c3ccc(-c4ccc5c(c4)c4ccccc4n5-c4cncc(-n5c6ccccc6c6ccccc65)c4)cc3Sc3ccc(-n4c5ccccc5c5ccccc54)cc31)c1cccnc1-2. The van der Waals surface area contributed by atoms with Crippen LogP contribution in [0.25, 0.3) is 105 Å². The summed E-state index contributed by atoms with van der Waals surface area (Å²) >= 11 is 1.86. The Morgan fingerprint density at radius 2 is 0.789 bits per heavy atom. The molecule has 6 aromatic heterocycles. The molecule has 7 heteroatoms. The van der Waals surface area contributed by atoms with Crippen molar-refractivity contribution in [2.45, 2.75) is 15.2 Å². The predicted octanol–water partition coefficient (Wildman–Crippen LogP) is 15.7. The number of hydrogen-bond acceptors (Lipinski definition) is 4. The molecule has 2 aliphatic rings. The average Bonchev–Trinajstić information content (AvgIpc) is 4.16. The maximum Gasteiger partial charge on any atom is 0.0937 e. The van der Waals surface area contributed by atoms with Crippen molar-refractivity contribution in [2.24, 2.45) is 0 Å². The van der Waals surface area contributed by atoms with Gasteiger partial charge in [0.25, 0.3) is 0 Å². The van der Waals surface area contributed by atoms with Gasteiger partial charge in [-0.3, -0.25) is 15.0 Å². The number of benzene rings is 8. The maximum absolute atomic E-state index is 5.05. The number of rotatable bonds is 4. The Balaban J connectivity index is 0.866. The number of nitrogens with zero attached hydrogens (tertiary/aromatic N) is 6. The Bertz CT molecular complexity index is 4440. The number of para-hydroxylation sites is 5. The molecule has 14 aromatic rings. The van der Waals surface area contributed by atoms with Crippen LogP contribution in [0.2, 0.25) is 0 Å². The summed E-state index contributed by atoms with van der Waals surface area (Å²) < 4.78 is 7.13.